The van der Waals surface area contributed by atoms with Crippen molar-refractivity contribution in [2.75, 3.05) is 24.6 Å². The highest BCUT2D eigenvalue weighted by Gasteiger charge is 2.74. The topological polar surface area (TPSA) is 107 Å². The molecule has 4 rings (SSSR count). The van der Waals surface area contributed by atoms with Gasteiger partial charge in [-0.2, -0.15) is 0 Å². The minimum absolute atomic E-state index is 0.122. The molecule has 35 heavy (non-hydrogen) atoms. The number of rotatable bonds is 11. The summed E-state index contributed by atoms with van der Waals surface area (Å²) >= 11 is 0. The van der Waals surface area contributed by atoms with Crippen molar-refractivity contribution < 1.29 is 29.3 Å². The second-order valence-electron chi connectivity index (χ2n) is 10.0. The highest BCUT2D eigenvalue weighted by atomic mass is 16.5. The van der Waals surface area contributed by atoms with Crippen molar-refractivity contribution in [2.24, 2.45) is 11.8 Å². The van der Waals surface area contributed by atoms with E-state index in [0.29, 0.717) is 32.2 Å². The fraction of sp³-hybridized carbons (Fsp3) is 0.593. The summed E-state index contributed by atoms with van der Waals surface area (Å²) in [5.41, 5.74) is 1.54. The van der Waals surface area contributed by atoms with Crippen LogP contribution in [-0.2, 0) is 19.1 Å². The van der Waals surface area contributed by atoms with Crippen molar-refractivity contribution in [3.8, 4) is 0 Å². The standard InChI is InChI=1S/C27H36N2O6/c1-4-14-28(22-17(2)10-9-11-18(22)3)25(32)23-27-13-12-19(35-27)20(26(33)34)21(27)24(31)29(23)15-7-5-6-8-16-30/h4,9-11,19-21,23,30H,1,5-8,12-16H2,2-3H3,(H,33,34)/t19-,20+,21-,23?,27?/m0/s1. The number of carbonyl (C=O) groups excluding carboxylic acids is 2. The molecule has 3 aliphatic heterocycles. The highest BCUT2D eigenvalue weighted by molar-refractivity contribution is 6.05. The van der Waals surface area contributed by atoms with Gasteiger partial charge >= 0.3 is 5.97 Å². The van der Waals surface area contributed by atoms with E-state index >= 15 is 0 Å². The van der Waals surface area contributed by atoms with Gasteiger partial charge in [-0.05, 0) is 50.7 Å². The van der Waals surface area contributed by atoms with Gasteiger partial charge in [0.15, 0.2) is 0 Å². The number of aliphatic hydroxyl groups is 1. The number of carboxylic acids is 1. The predicted molar refractivity (Wildman–Crippen MR) is 131 cm³/mol. The van der Waals surface area contributed by atoms with E-state index in [1.54, 1.807) is 15.9 Å². The SMILES string of the molecule is C=CCN(C(=O)C1N(CCCCCCO)C(=O)[C@@H]2[C@H](C(=O)O)[C@@H]3CCC12O3)c1c(C)cccc1C. The van der Waals surface area contributed by atoms with Crippen LogP contribution in [0.2, 0.25) is 0 Å². The summed E-state index contributed by atoms with van der Waals surface area (Å²) in [7, 11) is 0. The van der Waals surface area contributed by atoms with Crippen molar-refractivity contribution >= 4 is 23.5 Å². The van der Waals surface area contributed by atoms with Crippen LogP contribution in [-0.4, -0.2) is 70.3 Å². The van der Waals surface area contributed by atoms with Crippen LogP contribution in [0.15, 0.2) is 30.9 Å². The van der Waals surface area contributed by atoms with Crippen LogP contribution in [0.25, 0.3) is 0 Å². The molecule has 1 aromatic carbocycles. The molecule has 2 N–H and O–H groups in total. The third-order valence-electron chi connectivity index (χ3n) is 7.91. The Morgan fingerprint density at radius 2 is 1.91 bits per heavy atom. The number of aliphatic carboxylic acids is 1. The van der Waals surface area contributed by atoms with Gasteiger partial charge in [-0.25, -0.2) is 0 Å². The van der Waals surface area contributed by atoms with Crippen LogP contribution >= 0.6 is 0 Å². The van der Waals surface area contributed by atoms with Crippen molar-refractivity contribution in [1.82, 2.24) is 4.90 Å². The number of carboxylic acid groups (broad SMARTS) is 1. The Bertz CT molecular complexity index is 989. The molecule has 8 heteroatoms. The molecule has 2 amide bonds. The molecule has 1 aromatic rings. The summed E-state index contributed by atoms with van der Waals surface area (Å²) in [6.45, 7) is 8.49. The number of anilines is 1. The molecule has 3 saturated heterocycles. The second-order valence-corrected chi connectivity index (χ2v) is 10.0. The van der Waals surface area contributed by atoms with Crippen molar-refractivity contribution in [2.45, 2.75) is 70.1 Å². The molecule has 0 aliphatic carbocycles. The molecular weight excluding hydrogens is 448 g/mol. The number of carbonyl (C=O) groups is 3. The summed E-state index contributed by atoms with van der Waals surface area (Å²) in [5, 5.41) is 19.0. The van der Waals surface area contributed by atoms with Crippen molar-refractivity contribution in [3.63, 3.8) is 0 Å². The molecular formula is C27H36N2O6. The second kappa shape index (κ2) is 10.1. The normalized spacial score (nSPS) is 28.9. The van der Waals surface area contributed by atoms with Gasteiger partial charge in [-0.3, -0.25) is 14.4 Å². The number of para-hydroxylation sites is 1. The van der Waals surface area contributed by atoms with Gasteiger partial charge in [0, 0.05) is 25.4 Å². The zero-order valence-electron chi connectivity index (χ0n) is 20.6. The van der Waals surface area contributed by atoms with Gasteiger partial charge < -0.3 is 24.7 Å². The molecule has 0 aromatic heterocycles. The molecule has 3 heterocycles. The Balaban J connectivity index is 1.73. The molecule has 2 bridgehead atoms. The van der Waals surface area contributed by atoms with Crippen molar-refractivity contribution in [1.29, 1.82) is 0 Å². The van der Waals surface area contributed by atoms with Crippen LogP contribution in [0.3, 0.4) is 0 Å². The number of amides is 2. The number of ether oxygens (including phenoxy) is 1. The summed E-state index contributed by atoms with van der Waals surface area (Å²) < 4.78 is 6.31. The smallest absolute Gasteiger partial charge is 0.310 e. The van der Waals surface area contributed by atoms with Gasteiger partial charge in [0.2, 0.25) is 5.91 Å². The number of hydrogen-bond donors (Lipinski definition) is 2. The van der Waals surface area contributed by atoms with Gasteiger partial charge in [0.05, 0.1) is 17.9 Å². The molecule has 2 unspecified atom stereocenters. The van der Waals surface area contributed by atoms with E-state index in [1.807, 2.05) is 32.0 Å². The first-order valence-corrected chi connectivity index (χ1v) is 12.6. The quantitative estimate of drug-likeness (QED) is 0.369. The fourth-order valence-electron chi connectivity index (χ4n) is 6.50. The largest absolute Gasteiger partial charge is 0.481 e. The van der Waals surface area contributed by atoms with E-state index in [2.05, 4.69) is 6.58 Å². The van der Waals surface area contributed by atoms with Crippen LogP contribution in [0.1, 0.15) is 49.7 Å². The molecule has 3 aliphatic rings. The number of benzene rings is 1. The zero-order chi connectivity index (χ0) is 25.3. The number of aryl methyl sites for hydroxylation is 2. The maximum Gasteiger partial charge on any atom is 0.310 e. The molecule has 3 fully saturated rings. The minimum atomic E-state index is -1.12. The Kier molecular flexibility index (Phi) is 7.33. The first kappa shape index (κ1) is 25.4. The molecule has 0 radical (unpaired) electrons. The number of unbranched alkanes of at least 4 members (excludes halogenated alkanes) is 3. The van der Waals surface area contributed by atoms with Gasteiger partial charge in [0.1, 0.15) is 11.6 Å². The first-order valence-electron chi connectivity index (χ1n) is 12.6. The minimum Gasteiger partial charge on any atom is -0.481 e. The Morgan fingerprint density at radius 1 is 1.23 bits per heavy atom. The molecule has 0 saturated carbocycles. The van der Waals surface area contributed by atoms with Crippen LogP contribution < -0.4 is 4.90 Å². The van der Waals surface area contributed by atoms with Crippen LogP contribution in [0.5, 0.6) is 0 Å². The third kappa shape index (κ3) is 4.16. The summed E-state index contributed by atoms with van der Waals surface area (Å²) in [6, 6.07) is 4.95. The maximum absolute atomic E-state index is 14.4. The summed E-state index contributed by atoms with van der Waals surface area (Å²) in [4.78, 5) is 43.5. The third-order valence-corrected chi connectivity index (χ3v) is 7.91. The number of hydrogen-bond acceptors (Lipinski definition) is 5. The molecule has 5 atom stereocenters. The number of nitrogens with zero attached hydrogens (tertiary/aromatic N) is 2. The summed E-state index contributed by atoms with van der Waals surface area (Å²) in [5.74, 6) is -3.36. The number of fused-ring (bicyclic) bond motifs is 1. The highest BCUT2D eigenvalue weighted by Crippen LogP contribution is 2.58. The van der Waals surface area contributed by atoms with E-state index in [1.165, 1.54) is 0 Å². The lowest BCUT2D eigenvalue weighted by Crippen LogP contribution is -2.56. The lowest BCUT2D eigenvalue weighted by molar-refractivity contribution is -0.149. The van der Waals surface area contributed by atoms with E-state index in [4.69, 9.17) is 9.84 Å². The lowest BCUT2D eigenvalue weighted by Gasteiger charge is -2.37. The monoisotopic (exact) mass is 484 g/mol. The van der Waals surface area contributed by atoms with E-state index in [0.717, 1.165) is 29.7 Å². The Morgan fingerprint density at radius 3 is 2.54 bits per heavy atom. The average Bonchev–Trinajstić information content (AvgIpc) is 3.45. The Hall–Kier alpha value is -2.71. The number of aliphatic hydroxyl groups excluding tert-OH is 1. The van der Waals surface area contributed by atoms with E-state index in [-0.39, 0.29) is 25.0 Å². The molecule has 190 valence electrons. The van der Waals surface area contributed by atoms with Gasteiger partial charge in [-0.1, -0.05) is 37.1 Å². The van der Waals surface area contributed by atoms with E-state index < -0.39 is 35.6 Å². The van der Waals surface area contributed by atoms with Crippen LogP contribution in [0, 0.1) is 25.7 Å². The summed E-state index contributed by atoms with van der Waals surface area (Å²) in [6.07, 6.45) is 5.14. The molecule has 8 nitrogen and oxygen atoms in total. The number of likely N-dealkylation sites (tertiary alicyclic amines) is 1. The van der Waals surface area contributed by atoms with Crippen LogP contribution in [0.4, 0.5) is 5.69 Å². The maximum atomic E-state index is 14.4. The lowest BCUT2D eigenvalue weighted by atomic mass is 9.70. The average molecular weight is 485 g/mol. The Labute approximate surface area is 206 Å². The zero-order valence-corrected chi connectivity index (χ0v) is 20.6. The van der Waals surface area contributed by atoms with Gasteiger partial charge in [0.25, 0.3) is 5.91 Å². The molecule has 1 spiro atoms. The van der Waals surface area contributed by atoms with Gasteiger partial charge in [-0.15, -0.1) is 6.58 Å². The van der Waals surface area contributed by atoms with Crippen molar-refractivity contribution in [3.05, 3.63) is 42.0 Å². The fourth-order valence-corrected chi connectivity index (χ4v) is 6.50. The predicted octanol–water partition coefficient (Wildman–Crippen LogP) is 2.83. The van der Waals surface area contributed by atoms with E-state index in [9.17, 15) is 19.5 Å². The first-order chi connectivity index (χ1) is 16.8.